The molecule has 0 spiro atoms. The molecule has 1 aliphatic heterocycles. The van der Waals surface area contributed by atoms with Crippen LogP contribution in [0.1, 0.15) is 16.1 Å². The highest BCUT2D eigenvalue weighted by atomic mass is 16.6. The SMILES string of the molecule is O=C(OCc1cc(-c2ccccc2)on1)c1cc2c(cc1[N+](=O)[O-])OCCO2. The fraction of sp³-hybridized carbons (Fsp3) is 0.158. The highest BCUT2D eigenvalue weighted by Crippen LogP contribution is 2.37. The molecule has 142 valence electrons. The Kier molecular flexibility index (Phi) is 4.63. The van der Waals surface area contributed by atoms with Gasteiger partial charge >= 0.3 is 5.97 Å². The smallest absolute Gasteiger partial charge is 0.345 e. The first-order valence-electron chi connectivity index (χ1n) is 8.38. The first-order chi connectivity index (χ1) is 13.6. The van der Waals surface area contributed by atoms with E-state index in [1.54, 1.807) is 6.07 Å². The van der Waals surface area contributed by atoms with E-state index in [-0.39, 0.29) is 30.3 Å². The van der Waals surface area contributed by atoms with Crippen LogP contribution >= 0.6 is 0 Å². The van der Waals surface area contributed by atoms with Crippen molar-refractivity contribution < 1.29 is 28.5 Å². The van der Waals surface area contributed by atoms with Gasteiger partial charge in [-0.3, -0.25) is 10.1 Å². The van der Waals surface area contributed by atoms with E-state index < -0.39 is 16.6 Å². The van der Waals surface area contributed by atoms with E-state index in [9.17, 15) is 14.9 Å². The van der Waals surface area contributed by atoms with Crippen molar-refractivity contribution in [2.24, 2.45) is 0 Å². The number of esters is 1. The van der Waals surface area contributed by atoms with Gasteiger partial charge in [-0.05, 0) is 0 Å². The second-order valence-electron chi connectivity index (χ2n) is 5.89. The van der Waals surface area contributed by atoms with E-state index in [2.05, 4.69) is 5.16 Å². The van der Waals surface area contributed by atoms with Gasteiger partial charge in [0.2, 0.25) is 0 Å². The molecule has 0 unspecified atom stereocenters. The Balaban J connectivity index is 1.51. The topological polar surface area (TPSA) is 114 Å². The van der Waals surface area contributed by atoms with Crippen molar-refractivity contribution in [3.63, 3.8) is 0 Å². The van der Waals surface area contributed by atoms with Crippen LogP contribution in [0.2, 0.25) is 0 Å². The zero-order chi connectivity index (χ0) is 19.5. The van der Waals surface area contributed by atoms with Gasteiger partial charge in [-0.1, -0.05) is 35.5 Å². The molecule has 0 atom stereocenters. The van der Waals surface area contributed by atoms with Crippen molar-refractivity contribution >= 4 is 11.7 Å². The summed E-state index contributed by atoms with van der Waals surface area (Å²) in [4.78, 5) is 23.1. The summed E-state index contributed by atoms with van der Waals surface area (Å²) in [5.74, 6) is 0.139. The van der Waals surface area contributed by atoms with Crippen LogP contribution in [0.15, 0.2) is 53.1 Å². The molecule has 4 rings (SSSR count). The maximum atomic E-state index is 12.4. The van der Waals surface area contributed by atoms with Crippen LogP contribution in [0, 0.1) is 10.1 Å². The monoisotopic (exact) mass is 382 g/mol. The van der Waals surface area contributed by atoms with Gasteiger partial charge in [0.25, 0.3) is 5.69 Å². The lowest BCUT2D eigenvalue weighted by atomic mass is 10.1. The van der Waals surface area contributed by atoms with Crippen molar-refractivity contribution in [3.8, 4) is 22.8 Å². The number of hydrogen-bond donors (Lipinski definition) is 0. The van der Waals surface area contributed by atoms with Gasteiger partial charge < -0.3 is 18.7 Å². The van der Waals surface area contributed by atoms with Crippen LogP contribution < -0.4 is 9.47 Å². The lowest BCUT2D eigenvalue weighted by Crippen LogP contribution is -2.17. The molecule has 0 saturated heterocycles. The Labute approximate surface area is 158 Å². The second-order valence-corrected chi connectivity index (χ2v) is 5.89. The van der Waals surface area contributed by atoms with Gasteiger partial charge in [-0.15, -0.1) is 0 Å². The summed E-state index contributed by atoms with van der Waals surface area (Å²) in [6.45, 7) is 0.380. The largest absolute Gasteiger partial charge is 0.486 e. The Morgan fingerprint density at radius 2 is 1.82 bits per heavy atom. The Bertz CT molecular complexity index is 1030. The fourth-order valence-corrected chi connectivity index (χ4v) is 2.73. The maximum Gasteiger partial charge on any atom is 0.345 e. The predicted octanol–water partition coefficient (Wildman–Crippen LogP) is 3.38. The molecule has 0 radical (unpaired) electrons. The van der Waals surface area contributed by atoms with Gasteiger partial charge in [0.1, 0.15) is 31.1 Å². The summed E-state index contributed by atoms with van der Waals surface area (Å²) in [7, 11) is 0. The summed E-state index contributed by atoms with van der Waals surface area (Å²) in [5, 5.41) is 15.2. The minimum absolute atomic E-state index is 0.194. The molecule has 28 heavy (non-hydrogen) atoms. The number of ether oxygens (including phenoxy) is 3. The second kappa shape index (κ2) is 7.39. The van der Waals surface area contributed by atoms with Gasteiger partial charge in [0.05, 0.1) is 11.0 Å². The quantitative estimate of drug-likeness (QED) is 0.375. The Hall–Kier alpha value is -3.88. The van der Waals surface area contributed by atoms with Crippen molar-refractivity contribution in [2.75, 3.05) is 13.2 Å². The minimum Gasteiger partial charge on any atom is -0.486 e. The number of benzene rings is 2. The molecule has 0 fully saturated rings. The number of nitro benzene ring substituents is 1. The standard InChI is InChI=1S/C19H14N2O7/c22-19(14-9-17-18(26-7-6-25-17)10-15(14)21(23)24)27-11-13-8-16(28-20-13)12-4-2-1-3-5-12/h1-5,8-10H,6-7,11H2. The molecule has 1 aromatic heterocycles. The van der Waals surface area contributed by atoms with Crippen LogP contribution in [0.5, 0.6) is 11.5 Å². The number of fused-ring (bicyclic) bond motifs is 1. The van der Waals surface area contributed by atoms with Crippen molar-refractivity contribution in [2.45, 2.75) is 6.61 Å². The number of nitro groups is 1. The number of rotatable bonds is 5. The number of carbonyl (C=O) groups excluding carboxylic acids is 1. The highest BCUT2D eigenvalue weighted by Gasteiger charge is 2.27. The fourth-order valence-electron chi connectivity index (χ4n) is 2.73. The van der Waals surface area contributed by atoms with E-state index in [1.807, 2.05) is 30.3 Å². The lowest BCUT2D eigenvalue weighted by Gasteiger charge is -2.18. The number of hydrogen-bond acceptors (Lipinski definition) is 8. The minimum atomic E-state index is -0.868. The summed E-state index contributed by atoms with van der Waals surface area (Å²) < 4.78 is 21.1. The summed E-state index contributed by atoms with van der Waals surface area (Å²) in [6.07, 6.45) is 0. The van der Waals surface area contributed by atoms with E-state index in [1.165, 1.54) is 6.07 Å². The molecule has 1 aliphatic rings. The first kappa shape index (κ1) is 17.5. The molecule has 3 aromatic rings. The highest BCUT2D eigenvalue weighted by molar-refractivity contribution is 5.95. The molecular weight excluding hydrogens is 368 g/mol. The van der Waals surface area contributed by atoms with E-state index in [0.29, 0.717) is 18.1 Å². The molecule has 0 N–H and O–H groups in total. The lowest BCUT2D eigenvalue weighted by molar-refractivity contribution is -0.385. The van der Waals surface area contributed by atoms with Crippen molar-refractivity contribution in [1.29, 1.82) is 0 Å². The Morgan fingerprint density at radius 1 is 1.11 bits per heavy atom. The summed E-state index contributed by atoms with van der Waals surface area (Å²) in [5.41, 5.74) is 0.572. The van der Waals surface area contributed by atoms with E-state index >= 15 is 0 Å². The van der Waals surface area contributed by atoms with Gasteiger partial charge in [0, 0.05) is 17.7 Å². The zero-order valence-corrected chi connectivity index (χ0v) is 14.5. The van der Waals surface area contributed by atoms with E-state index in [0.717, 1.165) is 11.6 Å². The average molecular weight is 382 g/mol. The van der Waals surface area contributed by atoms with Gasteiger partial charge in [-0.25, -0.2) is 4.79 Å². The predicted molar refractivity (Wildman–Crippen MR) is 95.1 cm³/mol. The number of aromatic nitrogens is 1. The van der Waals surface area contributed by atoms with Crippen LogP contribution in [0.3, 0.4) is 0 Å². The average Bonchev–Trinajstić information content (AvgIpc) is 3.20. The normalized spacial score (nSPS) is 12.4. The first-order valence-corrected chi connectivity index (χ1v) is 8.38. The third kappa shape index (κ3) is 3.50. The molecule has 9 heteroatoms. The van der Waals surface area contributed by atoms with E-state index in [4.69, 9.17) is 18.7 Å². The van der Waals surface area contributed by atoms with Crippen LogP contribution in [-0.2, 0) is 11.3 Å². The Morgan fingerprint density at radius 3 is 2.54 bits per heavy atom. The summed E-state index contributed by atoms with van der Waals surface area (Å²) in [6, 6.07) is 13.4. The molecule has 0 aliphatic carbocycles. The molecule has 0 amide bonds. The van der Waals surface area contributed by atoms with Crippen LogP contribution in [-0.4, -0.2) is 29.3 Å². The molecular formula is C19H14N2O7. The number of nitrogens with zero attached hydrogens (tertiary/aromatic N) is 2. The van der Waals surface area contributed by atoms with Crippen molar-refractivity contribution in [3.05, 3.63) is 69.9 Å². The maximum absolute atomic E-state index is 12.4. The third-order valence-corrected chi connectivity index (χ3v) is 4.05. The van der Waals surface area contributed by atoms with Crippen molar-refractivity contribution in [1.82, 2.24) is 5.16 Å². The molecule has 9 nitrogen and oxygen atoms in total. The van der Waals surface area contributed by atoms with Gasteiger partial charge in [0.15, 0.2) is 17.3 Å². The number of carbonyl (C=O) groups is 1. The zero-order valence-electron chi connectivity index (χ0n) is 14.5. The molecule has 0 bridgehead atoms. The molecule has 2 heterocycles. The van der Waals surface area contributed by atoms with Crippen LogP contribution in [0.4, 0.5) is 5.69 Å². The van der Waals surface area contributed by atoms with Crippen LogP contribution in [0.25, 0.3) is 11.3 Å². The molecule has 2 aromatic carbocycles. The molecule has 0 saturated carbocycles. The third-order valence-electron chi connectivity index (χ3n) is 4.05. The summed E-state index contributed by atoms with van der Waals surface area (Å²) >= 11 is 0. The van der Waals surface area contributed by atoms with Gasteiger partial charge in [-0.2, -0.15) is 0 Å².